The summed E-state index contributed by atoms with van der Waals surface area (Å²) in [5.41, 5.74) is 2.33. The molecule has 0 bridgehead atoms. The third kappa shape index (κ3) is 2.72. The van der Waals surface area contributed by atoms with Crippen molar-refractivity contribution in [2.45, 2.75) is 25.1 Å². The standard InChI is InChI=1S/C11H12F3N/c12-11(13,14)7-15-10-5-8-3-1-2-4-9(8)6-10/h1-4,10,15H,5-7H2. The van der Waals surface area contributed by atoms with E-state index in [2.05, 4.69) is 5.32 Å². The fourth-order valence-electron chi connectivity index (χ4n) is 1.96. The Hall–Kier alpha value is -1.03. The topological polar surface area (TPSA) is 12.0 Å². The van der Waals surface area contributed by atoms with Crippen LogP contribution in [0.4, 0.5) is 13.2 Å². The molecule has 0 fully saturated rings. The second-order valence-corrected chi connectivity index (χ2v) is 3.87. The van der Waals surface area contributed by atoms with Crippen LogP contribution in [0.2, 0.25) is 0 Å². The van der Waals surface area contributed by atoms with Crippen molar-refractivity contribution < 1.29 is 13.2 Å². The summed E-state index contributed by atoms with van der Waals surface area (Å²) >= 11 is 0. The van der Waals surface area contributed by atoms with Crippen molar-refractivity contribution in [1.82, 2.24) is 5.32 Å². The molecule has 0 saturated heterocycles. The second-order valence-electron chi connectivity index (χ2n) is 3.87. The third-order valence-corrected chi connectivity index (χ3v) is 2.64. The van der Waals surface area contributed by atoms with Gasteiger partial charge in [0.15, 0.2) is 0 Å². The SMILES string of the molecule is FC(F)(F)CNC1Cc2ccccc2C1. The molecule has 0 aliphatic heterocycles. The molecule has 1 aromatic carbocycles. The summed E-state index contributed by atoms with van der Waals surface area (Å²) in [6.07, 6.45) is -2.71. The fourth-order valence-corrected chi connectivity index (χ4v) is 1.96. The Labute approximate surface area is 86.3 Å². The van der Waals surface area contributed by atoms with Crippen LogP contribution in [0.1, 0.15) is 11.1 Å². The molecule has 1 aromatic rings. The number of hydrogen-bond acceptors (Lipinski definition) is 1. The first-order valence-electron chi connectivity index (χ1n) is 4.91. The van der Waals surface area contributed by atoms with Crippen molar-refractivity contribution in [2.75, 3.05) is 6.54 Å². The molecule has 0 saturated carbocycles. The number of rotatable bonds is 2. The molecule has 0 heterocycles. The van der Waals surface area contributed by atoms with Gasteiger partial charge in [0.25, 0.3) is 0 Å². The van der Waals surface area contributed by atoms with Crippen LogP contribution in [0, 0.1) is 0 Å². The van der Waals surface area contributed by atoms with E-state index in [9.17, 15) is 13.2 Å². The number of hydrogen-bond donors (Lipinski definition) is 1. The summed E-state index contributed by atoms with van der Waals surface area (Å²) in [7, 11) is 0. The molecule has 0 amide bonds. The molecule has 82 valence electrons. The van der Waals surface area contributed by atoms with Crippen molar-refractivity contribution >= 4 is 0 Å². The molecular formula is C11H12F3N. The van der Waals surface area contributed by atoms with Crippen LogP contribution in [0.3, 0.4) is 0 Å². The lowest BCUT2D eigenvalue weighted by Gasteiger charge is -2.13. The van der Waals surface area contributed by atoms with Gasteiger partial charge in [0, 0.05) is 6.04 Å². The van der Waals surface area contributed by atoms with Gasteiger partial charge in [0.05, 0.1) is 6.54 Å². The van der Waals surface area contributed by atoms with Gasteiger partial charge >= 0.3 is 6.18 Å². The molecule has 0 aromatic heterocycles. The van der Waals surface area contributed by atoms with Crippen molar-refractivity contribution in [3.8, 4) is 0 Å². The highest BCUT2D eigenvalue weighted by Crippen LogP contribution is 2.22. The third-order valence-electron chi connectivity index (χ3n) is 2.64. The summed E-state index contributed by atoms with van der Waals surface area (Å²) < 4.78 is 35.9. The summed E-state index contributed by atoms with van der Waals surface area (Å²) in [4.78, 5) is 0. The van der Waals surface area contributed by atoms with Crippen molar-refractivity contribution in [3.05, 3.63) is 35.4 Å². The van der Waals surface area contributed by atoms with Crippen LogP contribution in [-0.2, 0) is 12.8 Å². The van der Waals surface area contributed by atoms with Gasteiger partial charge in [-0.05, 0) is 24.0 Å². The van der Waals surface area contributed by atoms with Crippen molar-refractivity contribution in [3.63, 3.8) is 0 Å². The highest BCUT2D eigenvalue weighted by molar-refractivity contribution is 5.33. The number of nitrogens with one attached hydrogen (secondary N) is 1. The maximum Gasteiger partial charge on any atom is 0.401 e. The van der Waals surface area contributed by atoms with E-state index in [0.717, 1.165) is 11.1 Å². The number of benzene rings is 1. The lowest BCUT2D eigenvalue weighted by Crippen LogP contribution is -2.37. The zero-order chi connectivity index (χ0) is 10.9. The van der Waals surface area contributed by atoms with Gasteiger partial charge in [-0.25, -0.2) is 0 Å². The van der Waals surface area contributed by atoms with Crippen LogP contribution in [0.5, 0.6) is 0 Å². The minimum atomic E-state index is -4.12. The molecule has 4 heteroatoms. The first kappa shape index (κ1) is 10.5. The number of fused-ring (bicyclic) bond motifs is 1. The van der Waals surface area contributed by atoms with Crippen molar-refractivity contribution in [1.29, 1.82) is 0 Å². The average Bonchev–Trinajstić information content (AvgIpc) is 2.56. The Bertz CT molecular complexity index is 321. The minimum Gasteiger partial charge on any atom is -0.305 e. The number of halogens is 3. The molecule has 1 nitrogen and oxygen atoms in total. The predicted molar refractivity (Wildman–Crippen MR) is 51.7 cm³/mol. The van der Waals surface area contributed by atoms with Gasteiger partial charge in [0.1, 0.15) is 0 Å². The minimum absolute atomic E-state index is 0.0657. The smallest absolute Gasteiger partial charge is 0.305 e. The Kier molecular flexibility index (Phi) is 2.69. The molecule has 1 N–H and O–H groups in total. The van der Waals surface area contributed by atoms with Gasteiger partial charge in [-0.1, -0.05) is 24.3 Å². The van der Waals surface area contributed by atoms with E-state index in [1.165, 1.54) is 0 Å². The molecular weight excluding hydrogens is 203 g/mol. The quantitative estimate of drug-likeness (QED) is 0.798. The van der Waals surface area contributed by atoms with Gasteiger partial charge in [-0.2, -0.15) is 13.2 Å². The highest BCUT2D eigenvalue weighted by Gasteiger charge is 2.29. The van der Waals surface area contributed by atoms with Crippen LogP contribution in [0.25, 0.3) is 0 Å². The zero-order valence-electron chi connectivity index (χ0n) is 8.14. The largest absolute Gasteiger partial charge is 0.401 e. The Balaban J connectivity index is 1.91. The van der Waals surface area contributed by atoms with Crippen LogP contribution in [0.15, 0.2) is 24.3 Å². The van der Waals surface area contributed by atoms with E-state index < -0.39 is 12.7 Å². The summed E-state index contributed by atoms with van der Waals surface area (Å²) in [6, 6.07) is 7.73. The fraction of sp³-hybridized carbons (Fsp3) is 0.455. The van der Waals surface area contributed by atoms with Crippen molar-refractivity contribution in [2.24, 2.45) is 0 Å². The molecule has 1 aliphatic rings. The van der Waals surface area contributed by atoms with Gasteiger partial charge in [0.2, 0.25) is 0 Å². The summed E-state index contributed by atoms with van der Waals surface area (Å²) in [5.74, 6) is 0. The van der Waals surface area contributed by atoms with E-state index in [4.69, 9.17) is 0 Å². The normalized spacial score (nSPS) is 16.7. The van der Waals surface area contributed by atoms with E-state index in [-0.39, 0.29) is 6.04 Å². The Morgan fingerprint density at radius 2 is 1.67 bits per heavy atom. The molecule has 0 spiro atoms. The average molecular weight is 215 g/mol. The Morgan fingerprint density at radius 3 is 2.13 bits per heavy atom. The lowest BCUT2D eigenvalue weighted by atomic mass is 10.1. The molecule has 15 heavy (non-hydrogen) atoms. The van der Waals surface area contributed by atoms with Crippen LogP contribution in [-0.4, -0.2) is 18.8 Å². The van der Waals surface area contributed by atoms with Crippen LogP contribution >= 0.6 is 0 Å². The highest BCUT2D eigenvalue weighted by atomic mass is 19.4. The zero-order valence-corrected chi connectivity index (χ0v) is 8.14. The van der Waals surface area contributed by atoms with E-state index in [0.29, 0.717) is 12.8 Å². The lowest BCUT2D eigenvalue weighted by molar-refractivity contribution is -0.126. The molecule has 0 atom stereocenters. The monoisotopic (exact) mass is 215 g/mol. The maximum absolute atomic E-state index is 12.0. The molecule has 0 radical (unpaired) electrons. The summed E-state index contributed by atoms with van der Waals surface area (Å²) in [5, 5.41) is 2.54. The van der Waals surface area contributed by atoms with Crippen LogP contribution < -0.4 is 5.32 Å². The van der Waals surface area contributed by atoms with Gasteiger partial charge in [-0.3, -0.25) is 0 Å². The first-order valence-corrected chi connectivity index (χ1v) is 4.91. The number of alkyl halides is 3. The van der Waals surface area contributed by atoms with E-state index >= 15 is 0 Å². The van der Waals surface area contributed by atoms with Gasteiger partial charge < -0.3 is 5.32 Å². The molecule has 2 rings (SSSR count). The Morgan fingerprint density at radius 1 is 1.13 bits per heavy atom. The van der Waals surface area contributed by atoms with E-state index in [1.54, 1.807) is 0 Å². The molecule has 0 unspecified atom stereocenters. The van der Waals surface area contributed by atoms with E-state index in [1.807, 2.05) is 24.3 Å². The summed E-state index contributed by atoms with van der Waals surface area (Å²) in [6.45, 7) is -0.897. The predicted octanol–water partition coefficient (Wildman–Crippen LogP) is 2.31. The van der Waals surface area contributed by atoms with Gasteiger partial charge in [-0.15, -0.1) is 0 Å². The first-order chi connectivity index (χ1) is 7.04. The maximum atomic E-state index is 12.0. The molecule has 1 aliphatic carbocycles. The second kappa shape index (κ2) is 3.85.